The first kappa shape index (κ1) is 11.9. The highest BCUT2D eigenvalue weighted by molar-refractivity contribution is 5.87. The van der Waals surface area contributed by atoms with Crippen LogP contribution in [0.15, 0.2) is 10.7 Å². The summed E-state index contributed by atoms with van der Waals surface area (Å²) in [6.45, 7) is 2.67. The van der Waals surface area contributed by atoms with E-state index in [4.69, 9.17) is 14.9 Å². The van der Waals surface area contributed by atoms with Crippen molar-refractivity contribution in [2.24, 2.45) is 11.7 Å². The van der Waals surface area contributed by atoms with Crippen molar-refractivity contribution >= 4 is 12.0 Å². The highest BCUT2D eigenvalue weighted by Gasteiger charge is 2.28. The van der Waals surface area contributed by atoms with Crippen LogP contribution in [0.2, 0.25) is 0 Å². The molecule has 0 spiro atoms. The Balaban J connectivity index is 1.82. The molecule has 0 radical (unpaired) electrons. The van der Waals surface area contributed by atoms with Crippen LogP contribution >= 0.6 is 0 Å². The second kappa shape index (κ2) is 5.18. The van der Waals surface area contributed by atoms with Gasteiger partial charge in [-0.15, -0.1) is 0 Å². The first-order valence-corrected chi connectivity index (χ1v) is 5.82. The van der Waals surface area contributed by atoms with Gasteiger partial charge in [0.05, 0.1) is 6.61 Å². The molecule has 1 aromatic rings. The Labute approximate surface area is 99.5 Å². The normalized spacial score (nSPS) is 16.6. The molecule has 3 N–H and O–H groups in total. The minimum absolute atomic E-state index is 0.118. The average Bonchev–Trinajstić information content (AvgIpc) is 3.05. The lowest BCUT2D eigenvalue weighted by molar-refractivity contribution is 0.0519. The van der Waals surface area contributed by atoms with Crippen molar-refractivity contribution in [2.45, 2.75) is 25.8 Å². The number of nitrogens with two attached hydrogens (primary N) is 1. The molecule has 0 saturated heterocycles. The van der Waals surface area contributed by atoms with Gasteiger partial charge in [-0.3, -0.25) is 0 Å². The van der Waals surface area contributed by atoms with Crippen LogP contribution in [0.3, 0.4) is 0 Å². The first-order valence-electron chi connectivity index (χ1n) is 5.82. The van der Waals surface area contributed by atoms with E-state index in [2.05, 4.69) is 10.3 Å². The molecule has 0 amide bonds. The lowest BCUT2D eigenvalue weighted by Gasteiger charge is -2.09. The smallest absolute Gasteiger partial charge is 0.360 e. The summed E-state index contributed by atoms with van der Waals surface area (Å²) in [4.78, 5) is 15.3. The van der Waals surface area contributed by atoms with Gasteiger partial charge >= 0.3 is 5.97 Å². The van der Waals surface area contributed by atoms with Crippen LogP contribution in [0.25, 0.3) is 0 Å². The third-order valence-corrected chi connectivity index (χ3v) is 2.71. The number of ether oxygens (including phenoxy) is 1. The van der Waals surface area contributed by atoms with Crippen molar-refractivity contribution in [1.82, 2.24) is 4.98 Å². The van der Waals surface area contributed by atoms with E-state index in [1.54, 1.807) is 6.92 Å². The molecule has 1 unspecified atom stereocenters. The summed E-state index contributed by atoms with van der Waals surface area (Å²) >= 11 is 0. The van der Waals surface area contributed by atoms with Gasteiger partial charge in [-0.1, -0.05) is 0 Å². The van der Waals surface area contributed by atoms with Crippen molar-refractivity contribution in [3.05, 3.63) is 12.0 Å². The maximum Gasteiger partial charge on any atom is 0.360 e. The summed E-state index contributed by atoms with van der Waals surface area (Å²) in [5, 5.41) is 2.97. The lowest BCUT2D eigenvalue weighted by Crippen LogP contribution is -2.31. The number of rotatable bonds is 6. The van der Waals surface area contributed by atoms with E-state index in [0.29, 0.717) is 25.1 Å². The molecule has 1 atom stereocenters. The number of esters is 1. The summed E-state index contributed by atoms with van der Waals surface area (Å²) in [7, 11) is 0. The van der Waals surface area contributed by atoms with E-state index in [-0.39, 0.29) is 11.7 Å². The third kappa shape index (κ3) is 3.20. The predicted octanol–water partition coefficient (Wildman–Crippen LogP) is 1.00. The Kier molecular flexibility index (Phi) is 3.63. The molecule has 1 saturated carbocycles. The molecule has 2 rings (SSSR count). The standard InChI is InChI=1S/C11H17N3O3/c1-2-16-10(15)9-6-17-11(14-9)13-5-8(12)7-3-4-7/h6-8H,2-5,12H2,1H3,(H,13,14). The molecule has 0 bridgehead atoms. The molecular formula is C11H17N3O3. The van der Waals surface area contributed by atoms with Gasteiger partial charge in [0.2, 0.25) is 0 Å². The van der Waals surface area contributed by atoms with E-state index < -0.39 is 5.97 Å². The monoisotopic (exact) mass is 239 g/mol. The van der Waals surface area contributed by atoms with E-state index in [0.717, 1.165) is 0 Å². The summed E-state index contributed by atoms with van der Waals surface area (Å²) in [5.41, 5.74) is 6.09. The number of anilines is 1. The van der Waals surface area contributed by atoms with Gasteiger partial charge in [0.25, 0.3) is 6.01 Å². The number of hydrogen-bond donors (Lipinski definition) is 2. The zero-order valence-electron chi connectivity index (χ0n) is 9.81. The Hall–Kier alpha value is -1.56. The maximum absolute atomic E-state index is 11.3. The Morgan fingerprint density at radius 2 is 2.53 bits per heavy atom. The van der Waals surface area contributed by atoms with Crippen molar-refractivity contribution in [2.75, 3.05) is 18.5 Å². The number of aromatic nitrogens is 1. The van der Waals surface area contributed by atoms with Gasteiger partial charge in [-0.25, -0.2) is 4.79 Å². The van der Waals surface area contributed by atoms with Crippen molar-refractivity contribution < 1.29 is 13.9 Å². The fourth-order valence-corrected chi connectivity index (χ4v) is 1.55. The number of carbonyl (C=O) groups excluding carboxylic acids is 1. The van der Waals surface area contributed by atoms with Crippen LogP contribution in [0.1, 0.15) is 30.3 Å². The molecule has 17 heavy (non-hydrogen) atoms. The van der Waals surface area contributed by atoms with Crippen LogP contribution < -0.4 is 11.1 Å². The average molecular weight is 239 g/mol. The lowest BCUT2D eigenvalue weighted by atomic mass is 10.2. The zero-order valence-corrected chi connectivity index (χ0v) is 9.81. The second-order valence-corrected chi connectivity index (χ2v) is 4.14. The van der Waals surface area contributed by atoms with Gasteiger partial charge in [-0.05, 0) is 25.7 Å². The van der Waals surface area contributed by atoms with Gasteiger partial charge in [0.15, 0.2) is 5.69 Å². The van der Waals surface area contributed by atoms with E-state index >= 15 is 0 Å². The summed E-state index contributed by atoms with van der Waals surface area (Å²) in [6, 6.07) is 0.428. The van der Waals surface area contributed by atoms with Gasteiger partial charge < -0.3 is 20.2 Å². The molecular weight excluding hydrogens is 222 g/mol. The van der Waals surface area contributed by atoms with E-state index in [1.165, 1.54) is 19.1 Å². The maximum atomic E-state index is 11.3. The van der Waals surface area contributed by atoms with Crippen molar-refractivity contribution in [3.63, 3.8) is 0 Å². The molecule has 1 fully saturated rings. The number of carbonyl (C=O) groups is 1. The zero-order chi connectivity index (χ0) is 12.3. The fraction of sp³-hybridized carbons (Fsp3) is 0.636. The minimum atomic E-state index is -0.476. The highest BCUT2D eigenvalue weighted by atomic mass is 16.5. The second-order valence-electron chi connectivity index (χ2n) is 4.14. The molecule has 0 aromatic carbocycles. The summed E-state index contributed by atoms with van der Waals surface area (Å²) in [6.07, 6.45) is 3.67. The van der Waals surface area contributed by atoms with Crippen LogP contribution in [-0.4, -0.2) is 30.1 Å². The molecule has 1 heterocycles. The Morgan fingerprint density at radius 3 is 3.18 bits per heavy atom. The summed E-state index contributed by atoms with van der Waals surface area (Å²) < 4.78 is 9.91. The molecule has 6 heteroatoms. The third-order valence-electron chi connectivity index (χ3n) is 2.71. The van der Waals surface area contributed by atoms with Crippen LogP contribution in [0, 0.1) is 5.92 Å². The van der Waals surface area contributed by atoms with Crippen molar-refractivity contribution in [1.29, 1.82) is 0 Å². The van der Waals surface area contributed by atoms with Gasteiger partial charge in [-0.2, -0.15) is 4.98 Å². The number of oxazole rings is 1. The molecule has 1 aliphatic rings. The fourth-order valence-electron chi connectivity index (χ4n) is 1.55. The summed E-state index contributed by atoms with van der Waals surface area (Å²) in [5.74, 6) is 0.137. The minimum Gasteiger partial charge on any atom is -0.461 e. The molecule has 1 aliphatic carbocycles. The first-order chi connectivity index (χ1) is 8.20. The highest BCUT2D eigenvalue weighted by Crippen LogP contribution is 2.31. The van der Waals surface area contributed by atoms with Gasteiger partial charge in [0, 0.05) is 12.6 Å². The largest absolute Gasteiger partial charge is 0.461 e. The molecule has 94 valence electrons. The molecule has 6 nitrogen and oxygen atoms in total. The van der Waals surface area contributed by atoms with Gasteiger partial charge in [0.1, 0.15) is 6.26 Å². The van der Waals surface area contributed by atoms with Crippen LogP contribution in [-0.2, 0) is 4.74 Å². The van der Waals surface area contributed by atoms with E-state index in [9.17, 15) is 4.79 Å². The topological polar surface area (TPSA) is 90.4 Å². The van der Waals surface area contributed by atoms with Crippen LogP contribution in [0.4, 0.5) is 6.01 Å². The number of hydrogen-bond acceptors (Lipinski definition) is 6. The Bertz CT molecular complexity index is 387. The Morgan fingerprint density at radius 1 is 1.76 bits per heavy atom. The SMILES string of the molecule is CCOC(=O)c1coc(NCC(N)C2CC2)n1. The predicted molar refractivity (Wildman–Crippen MR) is 61.6 cm³/mol. The van der Waals surface area contributed by atoms with Crippen molar-refractivity contribution in [3.8, 4) is 0 Å². The van der Waals surface area contributed by atoms with E-state index in [1.807, 2.05) is 0 Å². The van der Waals surface area contributed by atoms with Crippen LogP contribution in [0.5, 0.6) is 0 Å². The number of nitrogens with one attached hydrogen (secondary N) is 1. The quantitative estimate of drug-likeness (QED) is 0.720. The molecule has 0 aliphatic heterocycles. The number of nitrogens with zero attached hydrogens (tertiary/aromatic N) is 1. The molecule has 1 aromatic heterocycles.